The smallest absolute Gasteiger partial charge is 0.264 e. The molecule has 2 aromatic carbocycles. The van der Waals surface area contributed by atoms with Gasteiger partial charge in [0.15, 0.2) is 0 Å². The van der Waals surface area contributed by atoms with E-state index in [1.54, 1.807) is 48.2 Å². The molecule has 30 heavy (non-hydrogen) atoms. The molecule has 7 heteroatoms. The Kier molecular flexibility index (Phi) is 7.61. The number of nitrogens with one attached hydrogen (secondary N) is 1. The number of thioether (sulfide) groups is 1. The van der Waals surface area contributed by atoms with Crippen molar-refractivity contribution in [2.75, 3.05) is 23.7 Å². The summed E-state index contributed by atoms with van der Waals surface area (Å²) in [4.78, 5) is 13.8. The number of carbonyl (C=O) groups is 1. The van der Waals surface area contributed by atoms with Crippen LogP contribution in [0.3, 0.4) is 0 Å². The van der Waals surface area contributed by atoms with Crippen LogP contribution in [0.4, 0.5) is 5.69 Å². The van der Waals surface area contributed by atoms with Crippen LogP contribution >= 0.6 is 11.8 Å². The Labute approximate surface area is 183 Å². The molecule has 0 atom stereocenters. The van der Waals surface area contributed by atoms with Gasteiger partial charge in [-0.05, 0) is 75.3 Å². The van der Waals surface area contributed by atoms with Crippen LogP contribution < -0.4 is 9.62 Å². The van der Waals surface area contributed by atoms with Crippen LogP contribution in [0.25, 0.3) is 0 Å². The molecule has 0 heterocycles. The van der Waals surface area contributed by atoms with Crippen molar-refractivity contribution in [3.8, 4) is 0 Å². The van der Waals surface area contributed by atoms with Crippen molar-refractivity contribution < 1.29 is 13.2 Å². The number of hydrogen-bond donors (Lipinski definition) is 1. The van der Waals surface area contributed by atoms with Crippen molar-refractivity contribution in [3.63, 3.8) is 0 Å². The first-order valence-electron chi connectivity index (χ1n) is 10.1. The van der Waals surface area contributed by atoms with Crippen molar-refractivity contribution in [1.82, 2.24) is 5.32 Å². The van der Waals surface area contributed by atoms with Gasteiger partial charge in [-0.15, -0.1) is 11.8 Å². The van der Waals surface area contributed by atoms with Gasteiger partial charge in [-0.2, -0.15) is 0 Å². The Morgan fingerprint density at radius 1 is 1.07 bits per heavy atom. The molecular weight excluding hydrogens is 416 g/mol. The van der Waals surface area contributed by atoms with Gasteiger partial charge in [-0.3, -0.25) is 9.10 Å². The minimum absolute atomic E-state index is 0.170. The molecule has 0 saturated heterocycles. The maximum atomic E-state index is 13.4. The summed E-state index contributed by atoms with van der Waals surface area (Å²) in [7, 11) is -3.88. The first kappa shape index (κ1) is 22.4. The summed E-state index contributed by atoms with van der Waals surface area (Å²) >= 11 is 1.55. The summed E-state index contributed by atoms with van der Waals surface area (Å²) in [5, 5.41) is 2.89. The van der Waals surface area contributed by atoms with Gasteiger partial charge in [0.05, 0.1) is 10.6 Å². The number of sulfonamides is 1. The minimum atomic E-state index is -3.88. The molecule has 5 nitrogen and oxygen atoms in total. The van der Waals surface area contributed by atoms with Gasteiger partial charge in [0.25, 0.3) is 10.0 Å². The first-order valence-corrected chi connectivity index (χ1v) is 12.7. The van der Waals surface area contributed by atoms with Gasteiger partial charge >= 0.3 is 0 Å². The molecule has 2 aromatic rings. The average Bonchev–Trinajstić information content (AvgIpc) is 2.77. The van der Waals surface area contributed by atoms with Crippen molar-refractivity contribution in [2.24, 2.45) is 0 Å². The second-order valence-electron chi connectivity index (χ2n) is 7.41. The molecule has 1 amide bonds. The Balaban J connectivity index is 1.83. The zero-order valence-corrected chi connectivity index (χ0v) is 19.1. The van der Waals surface area contributed by atoms with E-state index in [0.717, 1.165) is 29.7 Å². The molecule has 0 saturated carbocycles. The fourth-order valence-corrected chi connectivity index (χ4v) is 5.19. The summed E-state index contributed by atoms with van der Waals surface area (Å²) in [6.45, 7) is 2.15. The standard InChI is InChI=1S/C23H28N2O3S2/c1-18-8-10-20(11-9-18)25(17-23(26)24-16-19-6-4-3-5-7-19)30(27,28)22-14-12-21(29-2)13-15-22/h6,8-15H,3-5,7,16-17H2,1-2H3,(H,24,26). The Morgan fingerprint density at radius 2 is 1.77 bits per heavy atom. The van der Waals surface area contributed by atoms with E-state index in [-0.39, 0.29) is 17.3 Å². The third-order valence-electron chi connectivity index (χ3n) is 5.15. The molecule has 0 bridgehead atoms. The number of allylic oxidation sites excluding steroid dienone is 1. The summed E-state index contributed by atoms with van der Waals surface area (Å²) < 4.78 is 28.0. The highest BCUT2D eigenvalue weighted by atomic mass is 32.2. The van der Waals surface area contributed by atoms with Gasteiger partial charge in [-0.1, -0.05) is 29.3 Å². The van der Waals surface area contributed by atoms with Crippen LogP contribution in [0.2, 0.25) is 0 Å². The van der Waals surface area contributed by atoms with Crippen molar-refractivity contribution in [2.45, 2.75) is 42.4 Å². The number of aryl methyl sites for hydroxylation is 1. The summed E-state index contributed by atoms with van der Waals surface area (Å²) in [6.07, 6.45) is 8.47. The quantitative estimate of drug-likeness (QED) is 0.480. The van der Waals surface area contributed by atoms with E-state index in [2.05, 4.69) is 11.4 Å². The number of hydrogen-bond acceptors (Lipinski definition) is 4. The van der Waals surface area contributed by atoms with Gasteiger partial charge in [0, 0.05) is 11.4 Å². The molecule has 3 rings (SSSR count). The maximum absolute atomic E-state index is 13.4. The lowest BCUT2D eigenvalue weighted by Gasteiger charge is -2.24. The molecule has 1 aliphatic carbocycles. The van der Waals surface area contributed by atoms with Crippen molar-refractivity contribution in [1.29, 1.82) is 0 Å². The summed E-state index contributed by atoms with van der Waals surface area (Å²) in [6, 6.07) is 13.9. The lowest BCUT2D eigenvalue weighted by molar-refractivity contribution is -0.119. The third-order valence-corrected chi connectivity index (χ3v) is 7.69. The predicted molar refractivity (Wildman–Crippen MR) is 123 cm³/mol. The number of rotatable bonds is 8. The highest BCUT2D eigenvalue weighted by Crippen LogP contribution is 2.26. The molecule has 1 aliphatic rings. The Morgan fingerprint density at radius 3 is 2.37 bits per heavy atom. The average molecular weight is 445 g/mol. The fraction of sp³-hybridized carbons (Fsp3) is 0.348. The highest BCUT2D eigenvalue weighted by molar-refractivity contribution is 7.98. The zero-order chi connectivity index (χ0) is 21.6. The van der Waals surface area contributed by atoms with E-state index in [1.807, 2.05) is 25.3 Å². The van der Waals surface area contributed by atoms with Gasteiger partial charge in [0.2, 0.25) is 5.91 Å². The third kappa shape index (κ3) is 5.67. The molecular formula is C23H28N2O3S2. The summed E-state index contributed by atoms with van der Waals surface area (Å²) in [5.41, 5.74) is 2.71. The summed E-state index contributed by atoms with van der Waals surface area (Å²) in [5.74, 6) is -0.314. The lowest BCUT2D eigenvalue weighted by Crippen LogP contribution is -2.41. The molecule has 0 spiro atoms. The molecule has 160 valence electrons. The van der Waals surface area contributed by atoms with Crippen LogP contribution in [-0.4, -0.2) is 33.7 Å². The van der Waals surface area contributed by atoms with Crippen LogP contribution in [0.1, 0.15) is 31.2 Å². The molecule has 0 radical (unpaired) electrons. The zero-order valence-electron chi connectivity index (χ0n) is 17.4. The Hall–Kier alpha value is -2.25. The van der Waals surface area contributed by atoms with E-state index in [9.17, 15) is 13.2 Å². The fourth-order valence-electron chi connectivity index (χ4n) is 3.36. The molecule has 1 N–H and O–H groups in total. The van der Waals surface area contributed by atoms with Crippen LogP contribution in [0.5, 0.6) is 0 Å². The second kappa shape index (κ2) is 10.2. The van der Waals surface area contributed by atoms with Crippen LogP contribution in [0, 0.1) is 6.92 Å². The largest absolute Gasteiger partial charge is 0.351 e. The van der Waals surface area contributed by atoms with Crippen LogP contribution in [0.15, 0.2) is 70.0 Å². The van der Waals surface area contributed by atoms with Gasteiger partial charge in [0.1, 0.15) is 6.54 Å². The topological polar surface area (TPSA) is 66.5 Å². The molecule has 0 aromatic heterocycles. The number of anilines is 1. The maximum Gasteiger partial charge on any atom is 0.264 e. The SMILES string of the molecule is CSc1ccc(S(=O)(=O)N(CC(=O)NCC2=CCCCC2)c2ccc(C)cc2)cc1. The van der Waals surface area contributed by atoms with Crippen LogP contribution in [-0.2, 0) is 14.8 Å². The van der Waals surface area contributed by atoms with E-state index < -0.39 is 10.0 Å². The number of carbonyl (C=O) groups excluding carboxylic acids is 1. The van der Waals surface area contributed by atoms with E-state index >= 15 is 0 Å². The second-order valence-corrected chi connectivity index (χ2v) is 10.1. The van der Waals surface area contributed by atoms with Crippen molar-refractivity contribution >= 4 is 33.4 Å². The normalized spacial score (nSPS) is 14.1. The Bertz CT molecular complexity index is 998. The highest BCUT2D eigenvalue weighted by Gasteiger charge is 2.27. The van der Waals surface area contributed by atoms with E-state index in [1.165, 1.54) is 16.3 Å². The lowest BCUT2D eigenvalue weighted by atomic mass is 10.00. The molecule has 0 fully saturated rings. The number of amides is 1. The first-order chi connectivity index (χ1) is 14.4. The predicted octanol–water partition coefficient (Wildman–Crippen LogP) is 4.53. The van der Waals surface area contributed by atoms with Gasteiger partial charge < -0.3 is 5.32 Å². The minimum Gasteiger partial charge on any atom is -0.351 e. The number of nitrogens with zero attached hydrogens (tertiary/aromatic N) is 1. The monoisotopic (exact) mass is 444 g/mol. The number of benzene rings is 2. The molecule has 0 aliphatic heterocycles. The van der Waals surface area contributed by atoms with Gasteiger partial charge in [-0.25, -0.2) is 8.42 Å². The van der Waals surface area contributed by atoms with Crippen molar-refractivity contribution in [3.05, 3.63) is 65.7 Å². The van der Waals surface area contributed by atoms with E-state index in [4.69, 9.17) is 0 Å². The van der Waals surface area contributed by atoms with E-state index in [0.29, 0.717) is 12.2 Å². The molecule has 0 unspecified atom stereocenters.